The van der Waals surface area contributed by atoms with E-state index in [0.29, 0.717) is 5.78 Å². The smallest absolute Gasteiger partial charge is 0.171 e. The number of Topliss-reactive ketones (excluding diaryl/α,β-unsaturated/α-hetero) is 1. The number of aryl methyl sites for hydroxylation is 2. The number of hydrogen-bond acceptors (Lipinski definition) is 3. The Morgan fingerprint density at radius 2 is 2.29 bits per heavy atom. The summed E-state index contributed by atoms with van der Waals surface area (Å²) in [6, 6.07) is 2.14. The molecule has 3 heteroatoms. The summed E-state index contributed by atoms with van der Waals surface area (Å²) in [4.78, 5) is 14.0. The van der Waals surface area contributed by atoms with Crippen LogP contribution < -0.4 is 0 Å². The Balaban J connectivity index is 1.97. The first-order valence-corrected chi connectivity index (χ1v) is 7.73. The molecule has 2 aromatic heterocycles. The van der Waals surface area contributed by atoms with Gasteiger partial charge in [-0.15, -0.1) is 11.3 Å². The number of carbonyl (C=O) groups excluding carboxylic acids is 1. The van der Waals surface area contributed by atoms with Gasteiger partial charge in [0.1, 0.15) is 0 Å². The van der Waals surface area contributed by atoms with Gasteiger partial charge in [-0.3, -0.25) is 4.79 Å². The van der Waals surface area contributed by atoms with Crippen molar-refractivity contribution in [2.45, 2.75) is 32.1 Å². The fraction of sp³-hybridized carbons (Fsp3) is 0.357. The van der Waals surface area contributed by atoms with Gasteiger partial charge in [-0.05, 0) is 54.1 Å². The number of rotatable bonds is 2. The minimum absolute atomic E-state index is 0.110. The van der Waals surface area contributed by atoms with Crippen molar-refractivity contribution in [3.05, 3.63) is 43.8 Å². The van der Waals surface area contributed by atoms with Crippen molar-refractivity contribution in [3.63, 3.8) is 0 Å². The van der Waals surface area contributed by atoms with Gasteiger partial charge in [-0.2, -0.15) is 11.3 Å². The molecule has 0 radical (unpaired) electrons. The second kappa shape index (κ2) is 4.39. The highest BCUT2D eigenvalue weighted by molar-refractivity contribution is 7.10. The van der Waals surface area contributed by atoms with Gasteiger partial charge < -0.3 is 0 Å². The molecule has 1 atom stereocenters. The molecule has 0 spiro atoms. The van der Waals surface area contributed by atoms with Crippen molar-refractivity contribution >= 4 is 28.5 Å². The van der Waals surface area contributed by atoms with E-state index in [9.17, 15) is 4.79 Å². The molecule has 0 bridgehead atoms. The summed E-state index contributed by atoms with van der Waals surface area (Å²) < 4.78 is 0. The van der Waals surface area contributed by atoms with Gasteiger partial charge in [0.25, 0.3) is 0 Å². The molecule has 1 aliphatic rings. The molecular weight excluding hydrogens is 248 g/mol. The lowest BCUT2D eigenvalue weighted by atomic mass is 9.82. The summed E-state index contributed by atoms with van der Waals surface area (Å²) in [6.45, 7) is 2.03. The van der Waals surface area contributed by atoms with Crippen LogP contribution in [0.3, 0.4) is 0 Å². The molecule has 2 aromatic rings. The third-order valence-corrected chi connectivity index (χ3v) is 5.35. The average Bonchev–Trinajstić information content (AvgIpc) is 2.95. The molecule has 0 fully saturated rings. The standard InChI is InChI=1S/C14H14OS2/c1-9-7-16-8-12(9)14(15)11-3-2-4-13-10(11)5-6-17-13/h5-8,11H,2-4H2,1H3. The van der Waals surface area contributed by atoms with Gasteiger partial charge in [-0.1, -0.05) is 0 Å². The van der Waals surface area contributed by atoms with Crippen molar-refractivity contribution in [1.29, 1.82) is 0 Å². The zero-order chi connectivity index (χ0) is 11.8. The molecule has 0 amide bonds. The Hall–Kier alpha value is -0.930. The van der Waals surface area contributed by atoms with E-state index in [4.69, 9.17) is 0 Å². The van der Waals surface area contributed by atoms with E-state index in [2.05, 4.69) is 16.8 Å². The van der Waals surface area contributed by atoms with Crippen LogP contribution in [-0.4, -0.2) is 5.78 Å². The first-order valence-electron chi connectivity index (χ1n) is 5.90. The zero-order valence-corrected chi connectivity index (χ0v) is 11.4. The third kappa shape index (κ3) is 1.87. The lowest BCUT2D eigenvalue weighted by Gasteiger charge is -2.21. The molecule has 0 N–H and O–H groups in total. The molecule has 0 aliphatic heterocycles. The molecule has 1 nitrogen and oxygen atoms in total. The minimum atomic E-state index is 0.110. The maximum Gasteiger partial charge on any atom is 0.171 e. The number of carbonyl (C=O) groups is 1. The highest BCUT2D eigenvalue weighted by atomic mass is 32.1. The largest absolute Gasteiger partial charge is 0.293 e. The fourth-order valence-electron chi connectivity index (χ4n) is 2.56. The van der Waals surface area contributed by atoms with E-state index in [0.717, 1.165) is 30.4 Å². The van der Waals surface area contributed by atoms with Crippen LogP contribution in [0.25, 0.3) is 0 Å². The lowest BCUT2D eigenvalue weighted by molar-refractivity contribution is 0.0951. The summed E-state index contributed by atoms with van der Waals surface area (Å²) in [5, 5.41) is 6.18. The quantitative estimate of drug-likeness (QED) is 0.732. The zero-order valence-electron chi connectivity index (χ0n) is 9.73. The van der Waals surface area contributed by atoms with Crippen LogP contribution >= 0.6 is 22.7 Å². The summed E-state index contributed by atoms with van der Waals surface area (Å²) in [5.41, 5.74) is 3.35. The Kier molecular flexibility index (Phi) is 2.89. The predicted molar refractivity (Wildman–Crippen MR) is 73.4 cm³/mol. The normalized spacial score (nSPS) is 19.0. The van der Waals surface area contributed by atoms with Gasteiger partial charge in [0, 0.05) is 21.7 Å². The van der Waals surface area contributed by atoms with E-state index in [-0.39, 0.29) is 5.92 Å². The van der Waals surface area contributed by atoms with Crippen molar-refractivity contribution < 1.29 is 4.79 Å². The average molecular weight is 262 g/mol. The van der Waals surface area contributed by atoms with E-state index in [1.807, 2.05) is 12.3 Å². The van der Waals surface area contributed by atoms with Gasteiger partial charge >= 0.3 is 0 Å². The van der Waals surface area contributed by atoms with E-state index in [1.165, 1.54) is 10.4 Å². The van der Waals surface area contributed by atoms with E-state index >= 15 is 0 Å². The number of thiophene rings is 2. The van der Waals surface area contributed by atoms with Crippen LogP contribution in [-0.2, 0) is 6.42 Å². The van der Waals surface area contributed by atoms with Crippen molar-refractivity contribution in [1.82, 2.24) is 0 Å². The highest BCUT2D eigenvalue weighted by Crippen LogP contribution is 2.37. The van der Waals surface area contributed by atoms with Crippen molar-refractivity contribution in [3.8, 4) is 0 Å². The van der Waals surface area contributed by atoms with Crippen LogP contribution in [0.5, 0.6) is 0 Å². The maximum absolute atomic E-state index is 12.6. The molecule has 2 heterocycles. The molecule has 88 valence electrons. The van der Waals surface area contributed by atoms with E-state index < -0.39 is 0 Å². The lowest BCUT2D eigenvalue weighted by Crippen LogP contribution is -2.17. The van der Waals surface area contributed by atoms with Crippen LogP contribution in [0.2, 0.25) is 0 Å². The Bertz CT molecular complexity index is 550. The molecule has 0 aromatic carbocycles. The van der Waals surface area contributed by atoms with Gasteiger partial charge in [0.05, 0.1) is 0 Å². The first kappa shape index (κ1) is 11.2. The maximum atomic E-state index is 12.6. The van der Waals surface area contributed by atoms with Gasteiger partial charge in [0.15, 0.2) is 5.78 Å². The van der Waals surface area contributed by atoms with Crippen LogP contribution in [0.1, 0.15) is 45.1 Å². The SMILES string of the molecule is Cc1cscc1C(=O)C1CCCc2sccc21. The molecule has 1 aliphatic carbocycles. The number of hydrogen-bond donors (Lipinski definition) is 0. The summed E-state index contributed by atoms with van der Waals surface area (Å²) >= 11 is 3.42. The van der Waals surface area contributed by atoms with Crippen LogP contribution in [0.15, 0.2) is 22.2 Å². The van der Waals surface area contributed by atoms with Crippen LogP contribution in [0, 0.1) is 6.92 Å². The molecule has 0 saturated heterocycles. The van der Waals surface area contributed by atoms with Gasteiger partial charge in [0.2, 0.25) is 0 Å². The molecule has 3 rings (SSSR count). The highest BCUT2D eigenvalue weighted by Gasteiger charge is 2.28. The predicted octanol–water partition coefficient (Wildman–Crippen LogP) is 4.42. The van der Waals surface area contributed by atoms with Crippen LogP contribution in [0.4, 0.5) is 0 Å². The monoisotopic (exact) mass is 262 g/mol. The first-order chi connectivity index (χ1) is 8.27. The van der Waals surface area contributed by atoms with E-state index in [1.54, 1.807) is 22.7 Å². The minimum Gasteiger partial charge on any atom is -0.293 e. The summed E-state index contributed by atoms with van der Waals surface area (Å²) in [6.07, 6.45) is 3.31. The molecule has 1 unspecified atom stereocenters. The number of ketones is 1. The molecular formula is C14H14OS2. The second-order valence-electron chi connectivity index (χ2n) is 4.58. The Morgan fingerprint density at radius 3 is 3.06 bits per heavy atom. The second-order valence-corrected chi connectivity index (χ2v) is 6.32. The Labute approximate surface area is 109 Å². The van der Waals surface area contributed by atoms with Crippen molar-refractivity contribution in [2.75, 3.05) is 0 Å². The third-order valence-electron chi connectivity index (χ3n) is 3.49. The summed E-state index contributed by atoms with van der Waals surface area (Å²) in [7, 11) is 0. The summed E-state index contributed by atoms with van der Waals surface area (Å²) in [5.74, 6) is 0.432. The fourth-order valence-corrected chi connectivity index (χ4v) is 4.38. The number of fused-ring (bicyclic) bond motifs is 1. The topological polar surface area (TPSA) is 17.1 Å². The Morgan fingerprint density at radius 1 is 1.41 bits per heavy atom. The van der Waals surface area contributed by atoms with Crippen molar-refractivity contribution in [2.24, 2.45) is 0 Å². The molecule has 0 saturated carbocycles. The van der Waals surface area contributed by atoms with Gasteiger partial charge in [-0.25, -0.2) is 0 Å². The molecule has 17 heavy (non-hydrogen) atoms.